The number of phenols is 1. The smallest absolute Gasteiger partial charge is 0.295 e. The molecule has 0 atom stereocenters. The van der Waals surface area contributed by atoms with E-state index in [0.717, 1.165) is 24.3 Å². The molecule has 0 unspecified atom stereocenters. The van der Waals surface area contributed by atoms with Crippen molar-refractivity contribution in [1.82, 2.24) is 0 Å². The molecule has 0 aromatic heterocycles. The van der Waals surface area contributed by atoms with Crippen LogP contribution in [0.3, 0.4) is 0 Å². The van der Waals surface area contributed by atoms with Crippen molar-refractivity contribution in [2.24, 2.45) is 0 Å². The van der Waals surface area contributed by atoms with E-state index in [-0.39, 0.29) is 16.7 Å². The van der Waals surface area contributed by atoms with E-state index in [1.807, 2.05) is 0 Å². The van der Waals surface area contributed by atoms with Gasteiger partial charge in [0, 0.05) is 24.1 Å². The van der Waals surface area contributed by atoms with Crippen LogP contribution in [-0.2, 0) is 16.5 Å². The zero-order valence-electron chi connectivity index (χ0n) is 12.7. The molecule has 2 aromatic carbocycles. The lowest BCUT2D eigenvalue weighted by atomic mass is 9.99. The predicted octanol–water partition coefficient (Wildman–Crippen LogP) is 2.35. The minimum atomic E-state index is -4.77. The Morgan fingerprint density at radius 1 is 1.00 bits per heavy atom. The highest BCUT2D eigenvalue weighted by Gasteiger charge is 2.29. The average molecular weight is 368 g/mol. The number of aryl methyl sites for hydroxylation is 1. The van der Waals surface area contributed by atoms with Gasteiger partial charge in [0.1, 0.15) is 16.2 Å². The van der Waals surface area contributed by atoms with Gasteiger partial charge >= 0.3 is 0 Å². The van der Waals surface area contributed by atoms with Crippen molar-refractivity contribution in [2.45, 2.75) is 18.2 Å². The number of hydrogen-bond acceptors (Lipinski definition) is 7. The largest absolute Gasteiger partial charge is 0.508 e. The SMILES string of the molecule is Cc1ccc(O)c(Cc2c([N+](=O)[O-])cccc2[N+](=O)[O-])c1S(=O)(=O)O. The average Bonchev–Trinajstić information content (AvgIpc) is 2.49. The lowest BCUT2D eigenvalue weighted by molar-refractivity contribution is -0.395. The number of rotatable bonds is 5. The molecule has 11 heteroatoms. The summed E-state index contributed by atoms with van der Waals surface area (Å²) in [6.07, 6.45) is -0.629. The summed E-state index contributed by atoms with van der Waals surface area (Å²) in [5, 5.41) is 32.3. The quantitative estimate of drug-likeness (QED) is 0.462. The van der Waals surface area contributed by atoms with E-state index in [9.17, 15) is 38.3 Å². The van der Waals surface area contributed by atoms with E-state index in [0.29, 0.717) is 0 Å². The molecule has 0 saturated carbocycles. The van der Waals surface area contributed by atoms with Crippen molar-refractivity contribution < 1.29 is 27.9 Å². The van der Waals surface area contributed by atoms with Crippen molar-refractivity contribution in [3.63, 3.8) is 0 Å². The zero-order valence-corrected chi connectivity index (χ0v) is 13.6. The highest BCUT2D eigenvalue weighted by molar-refractivity contribution is 7.86. The second kappa shape index (κ2) is 6.45. The van der Waals surface area contributed by atoms with E-state index in [1.54, 1.807) is 0 Å². The number of hydrogen-bond donors (Lipinski definition) is 2. The second-order valence-corrected chi connectivity index (χ2v) is 6.51. The van der Waals surface area contributed by atoms with Gasteiger partial charge in [-0.25, -0.2) is 0 Å². The number of phenolic OH excluding ortho intramolecular Hbond substituents is 1. The van der Waals surface area contributed by atoms with Crippen LogP contribution in [0, 0.1) is 27.2 Å². The van der Waals surface area contributed by atoms with Crippen LogP contribution in [-0.4, -0.2) is 27.9 Å². The molecule has 0 saturated heterocycles. The molecule has 2 N–H and O–H groups in total. The highest BCUT2D eigenvalue weighted by atomic mass is 32.2. The van der Waals surface area contributed by atoms with E-state index >= 15 is 0 Å². The summed E-state index contributed by atoms with van der Waals surface area (Å²) in [6, 6.07) is 5.56. The molecule has 0 fully saturated rings. The van der Waals surface area contributed by atoms with Crippen molar-refractivity contribution in [3.8, 4) is 5.75 Å². The fourth-order valence-corrected chi connectivity index (χ4v) is 3.49. The number of nitrogens with zero attached hydrogens (tertiary/aromatic N) is 2. The van der Waals surface area contributed by atoms with Crippen molar-refractivity contribution in [2.75, 3.05) is 0 Å². The highest BCUT2D eigenvalue weighted by Crippen LogP contribution is 2.36. The maximum Gasteiger partial charge on any atom is 0.295 e. The first kappa shape index (κ1) is 18.3. The fourth-order valence-electron chi connectivity index (χ4n) is 2.53. The first-order valence-corrected chi connectivity index (χ1v) is 8.17. The van der Waals surface area contributed by atoms with Crippen LogP contribution in [0.2, 0.25) is 0 Å². The zero-order chi connectivity index (χ0) is 18.9. The van der Waals surface area contributed by atoms with Gasteiger partial charge in [0.25, 0.3) is 21.5 Å². The normalized spacial score (nSPS) is 11.3. The van der Waals surface area contributed by atoms with Gasteiger partial charge in [0.15, 0.2) is 0 Å². The van der Waals surface area contributed by atoms with Gasteiger partial charge < -0.3 is 5.11 Å². The van der Waals surface area contributed by atoms with Gasteiger partial charge in [0.05, 0.1) is 9.85 Å². The Labute approximate surface area is 141 Å². The Hall–Kier alpha value is -3.05. The minimum Gasteiger partial charge on any atom is -0.508 e. The Kier molecular flexibility index (Phi) is 4.72. The standard InChI is InChI=1S/C14H12N2O8S/c1-8-5-6-13(17)10(14(8)25(22,23)24)7-9-11(15(18)19)3-2-4-12(9)16(20)21/h2-6,17H,7H2,1H3,(H,22,23,24). The van der Waals surface area contributed by atoms with E-state index in [1.165, 1.54) is 13.0 Å². The van der Waals surface area contributed by atoms with Crippen LogP contribution in [0.1, 0.15) is 16.7 Å². The third kappa shape index (κ3) is 3.56. The summed E-state index contributed by atoms with van der Waals surface area (Å²) < 4.78 is 32.7. The van der Waals surface area contributed by atoms with Crippen molar-refractivity contribution >= 4 is 21.5 Å². The predicted molar refractivity (Wildman–Crippen MR) is 85.2 cm³/mol. The van der Waals surface area contributed by atoms with Gasteiger partial charge in [-0.2, -0.15) is 8.42 Å². The summed E-state index contributed by atoms with van der Waals surface area (Å²) in [7, 11) is -4.77. The van der Waals surface area contributed by atoms with Crippen LogP contribution >= 0.6 is 0 Å². The first-order chi connectivity index (χ1) is 11.5. The maximum atomic E-state index is 11.6. The molecule has 10 nitrogen and oxygen atoms in total. The van der Waals surface area contributed by atoms with Crippen molar-refractivity contribution in [1.29, 1.82) is 0 Å². The monoisotopic (exact) mass is 368 g/mol. The molecule has 0 spiro atoms. The third-order valence-electron chi connectivity index (χ3n) is 3.56. The Morgan fingerprint density at radius 2 is 1.52 bits per heavy atom. The molecular formula is C14H12N2O8S. The third-order valence-corrected chi connectivity index (χ3v) is 4.65. The molecule has 0 radical (unpaired) electrons. The number of nitro groups is 2. The van der Waals surface area contributed by atoms with Crippen LogP contribution < -0.4 is 0 Å². The summed E-state index contributed by atoms with van der Waals surface area (Å²) >= 11 is 0. The Bertz CT molecular complexity index is 952. The summed E-state index contributed by atoms with van der Waals surface area (Å²) in [6.45, 7) is 1.35. The summed E-state index contributed by atoms with van der Waals surface area (Å²) in [5.74, 6) is -0.564. The van der Waals surface area contributed by atoms with Crippen LogP contribution in [0.15, 0.2) is 35.2 Å². The fraction of sp³-hybridized carbons (Fsp3) is 0.143. The molecule has 0 bridgehead atoms. The number of benzene rings is 2. The van der Waals surface area contributed by atoms with E-state index < -0.39 is 48.4 Å². The summed E-state index contributed by atoms with van der Waals surface area (Å²) in [4.78, 5) is 20.0. The molecule has 0 heterocycles. The molecule has 0 aliphatic heterocycles. The molecular weight excluding hydrogens is 356 g/mol. The first-order valence-electron chi connectivity index (χ1n) is 6.73. The van der Waals surface area contributed by atoms with Gasteiger partial charge in [-0.15, -0.1) is 0 Å². The lowest BCUT2D eigenvalue weighted by Crippen LogP contribution is -2.09. The lowest BCUT2D eigenvalue weighted by Gasteiger charge is -2.12. The molecule has 0 aliphatic rings. The maximum absolute atomic E-state index is 11.6. The number of nitro benzene ring substituents is 2. The Balaban J connectivity index is 2.80. The Morgan fingerprint density at radius 3 is 1.96 bits per heavy atom. The van der Waals surface area contributed by atoms with Crippen LogP contribution in [0.4, 0.5) is 11.4 Å². The van der Waals surface area contributed by atoms with Gasteiger partial charge in [-0.1, -0.05) is 6.07 Å². The van der Waals surface area contributed by atoms with Gasteiger partial charge in [-0.3, -0.25) is 24.8 Å². The molecule has 25 heavy (non-hydrogen) atoms. The second-order valence-electron chi connectivity index (χ2n) is 5.15. The van der Waals surface area contributed by atoms with Gasteiger partial charge in [-0.05, 0) is 24.6 Å². The van der Waals surface area contributed by atoms with E-state index in [2.05, 4.69) is 0 Å². The topological polar surface area (TPSA) is 161 Å². The molecule has 0 aliphatic carbocycles. The molecule has 132 valence electrons. The summed E-state index contributed by atoms with van der Waals surface area (Å²) in [5.41, 5.74) is -1.87. The van der Waals surface area contributed by atoms with Crippen LogP contribution in [0.5, 0.6) is 5.75 Å². The van der Waals surface area contributed by atoms with Crippen molar-refractivity contribution in [3.05, 3.63) is 67.3 Å². The molecule has 2 aromatic rings. The van der Waals surface area contributed by atoms with Gasteiger partial charge in [0.2, 0.25) is 0 Å². The molecule has 2 rings (SSSR count). The van der Waals surface area contributed by atoms with E-state index in [4.69, 9.17) is 0 Å². The number of aromatic hydroxyl groups is 1. The minimum absolute atomic E-state index is 0.0801. The van der Waals surface area contributed by atoms with Crippen LogP contribution in [0.25, 0.3) is 0 Å². The molecule has 0 amide bonds.